The lowest BCUT2D eigenvalue weighted by atomic mass is 9.74. The van der Waals surface area contributed by atoms with Crippen molar-refractivity contribution in [1.82, 2.24) is 0 Å². The van der Waals surface area contributed by atoms with Crippen LogP contribution in [0.2, 0.25) is 0 Å². The van der Waals surface area contributed by atoms with Crippen LogP contribution in [0.3, 0.4) is 0 Å². The van der Waals surface area contributed by atoms with E-state index >= 15 is 0 Å². The molecule has 1 aliphatic carbocycles. The lowest BCUT2D eigenvalue weighted by molar-refractivity contribution is -0.385. The Labute approximate surface area is 125 Å². The first kappa shape index (κ1) is 15.3. The summed E-state index contributed by atoms with van der Waals surface area (Å²) in [5, 5.41) is 11.2. The van der Waals surface area contributed by atoms with Crippen LogP contribution in [0.1, 0.15) is 38.7 Å². The van der Waals surface area contributed by atoms with Gasteiger partial charge in [-0.2, -0.15) is 0 Å². The van der Waals surface area contributed by atoms with Gasteiger partial charge in [0.15, 0.2) is 0 Å². The molecule has 1 saturated carbocycles. The normalized spacial score (nSPS) is 26.7. The quantitative estimate of drug-likeness (QED) is 0.454. The Bertz CT molecular complexity index is 475. The Balaban J connectivity index is 2.14. The number of nitro groups is 1. The molecule has 1 aliphatic rings. The van der Waals surface area contributed by atoms with Crippen LogP contribution in [-0.2, 0) is 6.42 Å². The topological polar surface area (TPSA) is 43.1 Å². The first-order chi connectivity index (χ1) is 9.49. The number of hydrogen-bond acceptors (Lipinski definition) is 2. The second kappa shape index (κ2) is 6.57. The highest BCUT2D eigenvalue weighted by Gasteiger charge is 2.31. The fraction of sp³-hybridized carbons (Fsp3) is 0.625. The predicted molar refractivity (Wildman–Crippen MR) is 82.1 cm³/mol. The van der Waals surface area contributed by atoms with E-state index < -0.39 is 0 Å². The number of rotatable bonds is 4. The van der Waals surface area contributed by atoms with Gasteiger partial charge in [0.1, 0.15) is 0 Å². The van der Waals surface area contributed by atoms with Gasteiger partial charge in [0.25, 0.3) is 5.69 Å². The molecular formula is C16H22ClNO2. The third-order valence-corrected chi connectivity index (χ3v) is 5.12. The average molecular weight is 296 g/mol. The number of hydrogen-bond donors (Lipinski definition) is 0. The molecular weight excluding hydrogens is 274 g/mol. The smallest absolute Gasteiger partial charge is 0.258 e. The Hall–Kier alpha value is -1.09. The zero-order valence-electron chi connectivity index (χ0n) is 12.1. The highest BCUT2D eigenvalue weighted by atomic mass is 35.5. The summed E-state index contributed by atoms with van der Waals surface area (Å²) in [6, 6.07) is 7.04. The van der Waals surface area contributed by atoms with Crippen molar-refractivity contribution in [3.63, 3.8) is 0 Å². The molecule has 1 fully saturated rings. The van der Waals surface area contributed by atoms with Crippen molar-refractivity contribution in [2.75, 3.05) is 0 Å². The van der Waals surface area contributed by atoms with Gasteiger partial charge in [-0.1, -0.05) is 32.0 Å². The van der Waals surface area contributed by atoms with Crippen LogP contribution in [0.5, 0.6) is 0 Å². The first-order valence-electron chi connectivity index (χ1n) is 7.35. The van der Waals surface area contributed by atoms with E-state index in [9.17, 15) is 10.1 Å². The molecule has 0 N–H and O–H groups in total. The van der Waals surface area contributed by atoms with Gasteiger partial charge >= 0.3 is 0 Å². The number of halogens is 1. The molecule has 0 amide bonds. The van der Waals surface area contributed by atoms with Gasteiger partial charge in [0.2, 0.25) is 0 Å². The molecule has 0 spiro atoms. The minimum atomic E-state index is -0.290. The van der Waals surface area contributed by atoms with Crippen molar-refractivity contribution in [3.05, 3.63) is 39.9 Å². The zero-order valence-corrected chi connectivity index (χ0v) is 12.8. The monoisotopic (exact) mass is 295 g/mol. The first-order valence-corrected chi connectivity index (χ1v) is 7.79. The molecule has 3 unspecified atom stereocenters. The highest BCUT2D eigenvalue weighted by Crippen LogP contribution is 2.39. The van der Waals surface area contributed by atoms with Crippen LogP contribution < -0.4 is 0 Å². The standard InChI is InChI=1S/C16H22ClNO2/c1-11(2)12-7-8-15(17)14(9-12)10-13-5-3-4-6-16(13)18(19)20/h3-6,11-12,14-15H,7-10H2,1-2H3. The van der Waals surface area contributed by atoms with Gasteiger partial charge in [-0.25, -0.2) is 0 Å². The number of alkyl halides is 1. The molecule has 3 nitrogen and oxygen atoms in total. The van der Waals surface area contributed by atoms with Crippen LogP contribution >= 0.6 is 11.6 Å². The van der Waals surface area contributed by atoms with E-state index in [1.807, 2.05) is 12.1 Å². The summed E-state index contributed by atoms with van der Waals surface area (Å²) in [6.45, 7) is 4.50. The molecule has 1 aromatic rings. The van der Waals surface area contributed by atoms with E-state index in [0.717, 1.165) is 18.4 Å². The summed E-state index contributed by atoms with van der Waals surface area (Å²) >= 11 is 6.46. The Morgan fingerprint density at radius 3 is 2.70 bits per heavy atom. The lowest BCUT2D eigenvalue weighted by Gasteiger charge is -2.35. The molecule has 3 atom stereocenters. The zero-order chi connectivity index (χ0) is 14.7. The van der Waals surface area contributed by atoms with E-state index in [0.29, 0.717) is 24.2 Å². The Morgan fingerprint density at radius 2 is 2.05 bits per heavy atom. The number of nitro benzene ring substituents is 1. The molecule has 1 aromatic carbocycles. The second-order valence-corrected chi connectivity index (χ2v) is 6.74. The third kappa shape index (κ3) is 3.51. The minimum absolute atomic E-state index is 0.143. The second-order valence-electron chi connectivity index (χ2n) is 6.18. The number of benzene rings is 1. The molecule has 0 aliphatic heterocycles. The Morgan fingerprint density at radius 1 is 1.35 bits per heavy atom. The van der Waals surface area contributed by atoms with Gasteiger partial charge in [-0.15, -0.1) is 11.6 Å². The maximum absolute atomic E-state index is 11.1. The van der Waals surface area contributed by atoms with E-state index in [4.69, 9.17) is 11.6 Å². The Kier molecular flexibility index (Phi) is 5.03. The average Bonchev–Trinajstić information content (AvgIpc) is 2.41. The van der Waals surface area contributed by atoms with Gasteiger partial charge in [0.05, 0.1) is 4.92 Å². The lowest BCUT2D eigenvalue weighted by Crippen LogP contribution is -2.29. The largest absolute Gasteiger partial charge is 0.272 e. The third-order valence-electron chi connectivity index (χ3n) is 4.54. The molecule has 0 heterocycles. The van der Waals surface area contributed by atoms with Gasteiger partial charge < -0.3 is 0 Å². The summed E-state index contributed by atoms with van der Waals surface area (Å²) in [5.74, 6) is 1.70. The van der Waals surface area contributed by atoms with Crippen LogP contribution in [0.4, 0.5) is 5.69 Å². The molecule has 20 heavy (non-hydrogen) atoms. The SMILES string of the molecule is CC(C)C1CCC(Cl)C(Cc2ccccc2[N+](=O)[O-])C1. The predicted octanol–water partition coefficient (Wildman–Crippen LogP) is 4.82. The van der Waals surface area contributed by atoms with Gasteiger partial charge in [0, 0.05) is 17.0 Å². The summed E-state index contributed by atoms with van der Waals surface area (Å²) in [6.07, 6.45) is 4.00. The summed E-state index contributed by atoms with van der Waals surface area (Å²) < 4.78 is 0. The van der Waals surface area contributed by atoms with Gasteiger partial charge in [-0.05, 0) is 43.4 Å². The summed E-state index contributed by atoms with van der Waals surface area (Å²) in [7, 11) is 0. The summed E-state index contributed by atoms with van der Waals surface area (Å²) in [5.41, 5.74) is 1.04. The van der Waals surface area contributed by atoms with Crippen molar-refractivity contribution in [2.45, 2.75) is 44.9 Å². The van der Waals surface area contributed by atoms with Crippen LogP contribution in [0.25, 0.3) is 0 Å². The number of para-hydroxylation sites is 1. The van der Waals surface area contributed by atoms with Crippen molar-refractivity contribution in [1.29, 1.82) is 0 Å². The van der Waals surface area contributed by atoms with Crippen LogP contribution in [-0.4, -0.2) is 10.3 Å². The van der Waals surface area contributed by atoms with E-state index in [-0.39, 0.29) is 16.0 Å². The van der Waals surface area contributed by atoms with E-state index in [2.05, 4.69) is 13.8 Å². The maximum Gasteiger partial charge on any atom is 0.272 e. The molecule has 4 heteroatoms. The molecule has 0 bridgehead atoms. The summed E-state index contributed by atoms with van der Waals surface area (Å²) in [4.78, 5) is 10.8. The minimum Gasteiger partial charge on any atom is -0.258 e. The van der Waals surface area contributed by atoms with Gasteiger partial charge in [-0.3, -0.25) is 10.1 Å². The molecule has 2 rings (SSSR count). The molecule has 110 valence electrons. The van der Waals surface area contributed by atoms with E-state index in [1.54, 1.807) is 12.1 Å². The highest BCUT2D eigenvalue weighted by molar-refractivity contribution is 6.20. The fourth-order valence-electron chi connectivity index (χ4n) is 3.22. The van der Waals surface area contributed by atoms with Crippen molar-refractivity contribution >= 4 is 17.3 Å². The van der Waals surface area contributed by atoms with Crippen molar-refractivity contribution in [2.24, 2.45) is 17.8 Å². The molecule has 0 saturated heterocycles. The number of nitrogens with zero attached hydrogens (tertiary/aromatic N) is 1. The van der Waals surface area contributed by atoms with Crippen LogP contribution in [0.15, 0.2) is 24.3 Å². The van der Waals surface area contributed by atoms with Crippen molar-refractivity contribution in [3.8, 4) is 0 Å². The molecule has 0 radical (unpaired) electrons. The maximum atomic E-state index is 11.1. The molecule has 0 aromatic heterocycles. The van der Waals surface area contributed by atoms with E-state index in [1.165, 1.54) is 6.42 Å². The van der Waals surface area contributed by atoms with Crippen LogP contribution in [0, 0.1) is 27.9 Å². The van der Waals surface area contributed by atoms with Crippen molar-refractivity contribution < 1.29 is 4.92 Å². The fourth-order valence-corrected chi connectivity index (χ4v) is 3.54.